The van der Waals surface area contributed by atoms with Crippen LogP contribution in [0.15, 0.2) is 30.3 Å². The zero-order valence-electron chi connectivity index (χ0n) is 15.1. The van der Waals surface area contributed by atoms with Gasteiger partial charge in [0.2, 0.25) is 11.3 Å². The number of amides is 1. The van der Waals surface area contributed by atoms with Gasteiger partial charge in [-0.25, -0.2) is 0 Å². The van der Waals surface area contributed by atoms with Crippen molar-refractivity contribution in [1.82, 2.24) is 4.90 Å². The van der Waals surface area contributed by atoms with Gasteiger partial charge in [-0.05, 0) is 26.3 Å². The Morgan fingerprint density at radius 2 is 1.73 bits per heavy atom. The van der Waals surface area contributed by atoms with Crippen LogP contribution in [0, 0.1) is 5.41 Å². The summed E-state index contributed by atoms with van der Waals surface area (Å²) < 4.78 is 16.2. The number of hydrogen-bond donors (Lipinski definition) is 0. The highest BCUT2D eigenvalue weighted by Gasteiger charge is 2.73. The lowest BCUT2D eigenvalue weighted by molar-refractivity contribution is -0.184. The van der Waals surface area contributed by atoms with Crippen molar-refractivity contribution < 1.29 is 28.6 Å². The molecule has 0 spiro atoms. The Morgan fingerprint density at radius 3 is 2.27 bits per heavy atom. The molecule has 2 aliphatic rings. The SMILES string of the molecule is CCOC(=O)C1(C(=O)OCC)C2OC[C@@H](C)N2C(=O)[C@@H]1c1ccccc1. The number of nitrogens with zero attached hydrogens (tertiary/aromatic N) is 1. The van der Waals surface area contributed by atoms with E-state index < -0.39 is 29.5 Å². The van der Waals surface area contributed by atoms with Crippen LogP contribution in [0.4, 0.5) is 0 Å². The van der Waals surface area contributed by atoms with Crippen LogP contribution in [0.3, 0.4) is 0 Å². The first-order valence-electron chi connectivity index (χ1n) is 8.83. The Balaban J connectivity index is 2.22. The molecule has 140 valence electrons. The third-order valence-electron chi connectivity index (χ3n) is 4.93. The highest BCUT2D eigenvalue weighted by molar-refractivity contribution is 6.10. The maximum absolute atomic E-state index is 13.3. The van der Waals surface area contributed by atoms with Crippen LogP contribution in [-0.4, -0.2) is 54.8 Å². The number of benzene rings is 1. The van der Waals surface area contributed by atoms with Gasteiger partial charge in [-0.3, -0.25) is 14.4 Å². The quantitative estimate of drug-likeness (QED) is 0.583. The highest BCUT2D eigenvalue weighted by Crippen LogP contribution is 2.53. The number of hydrogen-bond acceptors (Lipinski definition) is 6. The molecule has 1 amide bonds. The fourth-order valence-corrected chi connectivity index (χ4v) is 3.86. The molecule has 7 nitrogen and oxygen atoms in total. The molecule has 0 aliphatic carbocycles. The predicted octanol–water partition coefficient (Wildman–Crippen LogP) is 1.47. The molecule has 2 fully saturated rings. The van der Waals surface area contributed by atoms with Gasteiger partial charge in [-0.15, -0.1) is 0 Å². The molecule has 0 saturated carbocycles. The first kappa shape index (κ1) is 18.4. The molecular weight excluding hydrogens is 338 g/mol. The first-order valence-corrected chi connectivity index (χ1v) is 8.83. The Bertz CT molecular complexity index is 685. The minimum Gasteiger partial charge on any atom is -0.465 e. The van der Waals surface area contributed by atoms with Crippen molar-refractivity contribution in [2.24, 2.45) is 5.41 Å². The van der Waals surface area contributed by atoms with Crippen molar-refractivity contribution in [1.29, 1.82) is 0 Å². The minimum atomic E-state index is -1.88. The van der Waals surface area contributed by atoms with Gasteiger partial charge in [0.25, 0.3) is 0 Å². The Hall–Kier alpha value is -2.41. The molecule has 7 heteroatoms. The smallest absolute Gasteiger partial charge is 0.329 e. The first-order chi connectivity index (χ1) is 12.5. The summed E-state index contributed by atoms with van der Waals surface area (Å²) in [4.78, 5) is 40.9. The van der Waals surface area contributed by atoms with Crippen LogP contribution in [0.1, 0.15) is 32.3 Å². The third-order valence-corrected chi connectivity index (χ3v) is 4.93. The zero-order valence-corrected chi connectivity index (χ0v) is 15.1. The number of carbonyl (C=O) groups excluding carboxylic acids is 3. The van der Waals surface area contributed by atoms with Crippen LogP contribution in [0.2, 0.25) is 0 Å². The molecular formula is C19H23NO6. The van der Waals surface area contributed by atoms with Crippen molar-refractivity contribution >= 4 is 17.8 Å². The van der Waals surface area contributed by atoms with E-state index in [-0.39, 0.29) is 31.8 Å². The summed E-state index contributed by atoms with van der Waals surface area (Å²) in [5.74, 6) is -2.95. The second kappa shape index (κ2) is 7.07. The van der Waals surface area contributed by atoms with Crippen molar-refractivity contribution in [3.63, 3.8) is 0 Å². The molecule has 2 saturated heterocycles. The molecule has 0 bridgehead atoms. The number of rotatable bonds is 5. The summed E-state index contributed by atoms with van der Waals surface area (Å²) in [6, 6.07) is 8.53. The van der Waals surface area contributed by atoms with E-state index in [1.807, 2.05) is 6.92 Å². The molecule has 1 aromatic rings. The molecule has 0 aromatic heterocycles. The average Bonchev–Trinajstić information content (AvgIpc) is 3.13. The summed E-state index contributed by atoms with van der Waals surface area (Å²) in [6.45, 7) is 5.54. The molecule has 0 radical (unpaired) electrons. The second-order valence-electron chi connectivity index (χ2n) is 6.43. The molecule has 2 heterocycles. The molecule has 2 aliphatic heterocycles. The fraction of sp³-hybridized carbons (Fsp3) is 0.526. The topological polar surface area (TPSA) is 82.1 Å². The summed E-state index contributed by atoms with van der Waals surface area (Å²) in [5.41, 5.74) is -1.32. The van der Waals surface area contributed by atoms with Gasteiger partial charge in [-0.2, -0.15) is 0 Å². The van der Waals surface area contributed by atoms with Crippen LogP contribution >= 0.6 is 0 Å². The van der Waals surface area contributed by atoms with E-state index in [0.717, 1.165) is 0 Å². The molecule has 1 unspecified atom stereocenters. The summed E-state index contributed by atoms with van der Waals surface area (Å²) >= 11 is 0. The van der Waals surface area contributed by atoms with Crippen molar-refractivity contribution in [3.05, 3.63) is 35.9 Å². The van der Waals surface area contributed by atoms with Gasteiger partial charge < -0.3 is 19.1 Å². The zero-order chi connectivity index (χ0) is 18.9. The summed E-state index contributed by atoms with van der Waals surface area (Å²) in [7, 11) is 0. The predicted molar refractivity (Wildman–Crippen MR) is 90.9 cm³/mol. The number of ether oxygens (including phenoxy) is 3. The molecule has 3 rings (SSSR count). The van der Waals surface area contributed by atoms with Crippen LogP contribution < -0.4 is 0 Å². The van der Waals surface area contributed by atoms with E-state index >= 15 is 0 Å². The van der Waals surface area contributed by atoms with Gasteiger partial charge >= 0.3 is 11.9 Å². The van der Waals surface area contributed by atoms with E-state index in [9.17, 15) is 14.4 Å². The van der Waals surface area contributed by atoms with Gasteiger partial charge in [-0.1, -0.05) is 30.3 Å². The molecule has 0 N–H and O–H groups in total. The Kier molecular flexibility index (Phi) is 5.00. The van der Waals surface area contributed by atoms with Crippen molar-refractivity contribution in [2.75, 3.05) is 19.8 Å². The maximum atomic E-state index is 13.3. The van der Waals surface area contributed by atoms with Crippen molar-refractivity contribution in [3.8, 4) is 0 Å². The molecule has 3 atom stereocenters. The van der Waals surface area contributed by atoms with Gasteiger partial charge in [0.05, 0.1) is 31.8 Å². The van der Waals surface area contributed by atoms with Crippen LogP contribution in [-0.2, 0) is 28.6 Å². The lowest BCUT2D eigenvalue weighted by Crippen LogP contribution is -2.53. The maximum Gasteiger partial charge on any atom is 0.329 e. The van der Waals surface area contributed by atoms with E-state index in [4.69, 9.17) is 14.2 Å². The lowest BCUT2D eigenvalue weighted by Gasteiger charge is -2.32. The third kappa shape index (κ3) is 2.49. The second-order valence-corrected chi connectivity index (χ2v) is 6.43. The van der Waals surface area contributed by atoms with Crippen LogP contribution in [0.25, 0.3) is 0 Å². The normalized spacial score (nSPS) is 26.5. The van der Waals surface area contributed by atoms with E-state index in [2.05, 4.69) is 0 Å². The highest BCUT2D eigenvalue weighted by atomic mass is 16.6. The van der Waals surface area contributed by atoms with Crippen molar-refractivity contribution in [2.45, 2.75) is 39.0 Å². The van der Waals surface area contributed by atoms with Crippen LogP contribution in [0.5, 0.6) is 0 Å². The Morgan fingerprint density at radius 1 is 1.15 bits per heavy atom. The van der Waals surface area contributed by atoms with Gasteiger partial charge in [0, 0.05) is 0 Å². The van der Waals surface area contributed by atoms with E-state index in [1.165, 1.54) is 4.90 Å². The largest absolute Gasteiger partial charge is 0.465 e. The number of esters is 2. The molecule has 26 heavy (non-hydrogen) atoms. The van der Waals surface area contributed by atoms with E-state index in [0.29, 0.717) is 5.56 Å². The Labute approximate surface area is 152 Å². The average molecular weight is 361 g/mol. The number of carbonyl (C=O) groups is 3. The minimum absolute atomic E-state index is 0.0813. The number of fused-ring (bicyclic) bond motifs is 1. The van der Waals surface area contributed by atoms with E-state index in [1.54, 1.807) is 44.2 Å². The summed E-state index contributed by atoms with van der Waals surface area (Å²) in [6.07, 6.45) is -1.03. The van der Waals surface area contributed by atoms with Gasteiger partial charge in [0.1, 0.15) is 0 Å². The lowest BCUT2D eigenvalue weighted by atomic mass is 9.72. The fourth-order valence-electron chi connectivity index (χ4n) is 3.86. The molecule has 1 aromatic carbocycles. The summed E-state index contributed by atoms with van der Waals surface area (Å²) in [5, 5.41) is 0. The monoisotopic (exact) mass is 361 g/mol. The standard InChI is InChI=1S/C19H23NO6/c1-4-24-17(22)19(18(23)25-5-2)14(13-9-7-6-8-10-13)15(21)20-12(3)11-26-16(19)20/h6-10,12,14,16H,4-5,11H2,1-3H3/t12-,14+,16?/m1/s1. The van der Waals surface area contributed by atoms with Gasteiger partial charge in [0.15, 0.2) is 6.23 Å².